The predicted octanol–water partition coefficient (Wildman–Crippen LogP) is 3.35. The Kier molecular flexibility index (Phi) is 6.27. The molecule has 104 valence electrons. The fourth-order valence-electron chi connectivity index (χ4n) is 2.17. The molecule has 1 aliphatic heterocycles. The van der Waals surface area contributed by atoms with Crippen molar-refractivity contribution in [2.45, 2.75) is 45.2 Å². The first-order valence-electron chi connectivity index (χ1n) is 6.77. The summed E-state index contributed by atoms with van der Waals surface area (Å²) in [6.07, 6.45) is 4.99. The molecule has 1 heterocycles. The number of nitriles is 1. The summed E-state index contributed by atoms with van der Waals surface area (Å²) in [4.78, 5) is 13.7. The quantitative estimate of drug-likeness (QED) is 0.715. The lowest BCUT2D eigenvalue weighted by Crippen LogP contribution is -2.29. The molecule has 1 aliphatic rings. The number of amides is 1. The van der Waals surface area contributed by atoms with Gasteiger partial charge in [0.2, 0.25) is 5.91 Å². The van der Waals surface area contributed by atoms with Crippen molar-refractivity contribution < 1.29 is 9.18 Å². The molecule has 2 unspecified atom stereocenters. The smallest absolute Gasteiger partial charge is 0.227 e. The van der Waals surface area contributed by atoms with Crippen LogP contribution in [0.15, 0.2) is 24.4 Å². The molecule has 1 amide bonds. The van der Waals surface area contributed by atoms with Crippen LogP contribution in [0.2, 0.25) is 0 Å². The van der Waals surface area contributed by atoms with Gasteiger partial charge in [0.25, 0.3) is 0 Å². The van der Waals surface area contributed by atoms with E-state index in [-0.39, 0.29) is 11.8 Å². The van der Waals surface area contributed by atoms with Crippen LogP contribution in [0.25, 0.3) is 0 Å². The van der Waals surface area contributed by atoms with Gasteiger partial charge in [-0.1, -0.05) is 13.5 Å². The highest BCUT2D eigenvalue weighted by molar-refractivity contribution is 5.79. The Hall–Kier alpha value is -1.63. The summed E-state index contributed by atoms with van der Waals surface area (Å²) >= 11 is 0. The van der Waals surface area contributed by atoms with Gasteiger partial charge in [-0.2, -0.15) is 5.26 Å². The maximum Gasteiger partial charge on any atom is 0.227 e. The lowest BCUT2D eigenvalue weighted by molar-refractivity contribution is -0.129. The molecule has 0 bridgehead atoms. The Morgan fingerprint density at radius 2 is 2.47 bits per heavy atom. The van der Waals surface area contributed by atoms with Gasteiger partial charge in [0, 0.05) is 25.1 Å². The molecular formula is C15H21FN2O. The van der Waals surface area contributed by atoms with Crippen molar-refractivity contribution in [1.29, 1.82) is 5.26 Å². The Bertz CT molecular complexity index is 397. The molecule has 0 aliphatic carbocycles. The monoisotopic (exact) mass is 264 g/mol. The molecule has 2 atom stereocenters. The zero-order valence-corrected chi connectivity index (χ0v) is 11.4. The van der Waals surface area contributed by atoms with Gasteiger partial charge in [0.1, 0.15) is 6.17 Å². The highest BCUT2D eigenvalue weighted by Gasteiger charge is 2.24. The summed E-state index contributed by atoms with van der Waals surface area (Å²) in [6.45, 7) is 6.20. The molecule has 1 fully saturated rings. The van der Waals surface area contributed by atoms with Crippen LogP contribution >= 0.6 is 0 Å². The van der Waals surface area contributed by atoms with Gasteiger partial charge in [0.15, 0.2) is 0 Å². The second kappa shape index (κ2) is 7.73. The third kappa shape index (κ3) is 4.86. The summed E-state index contributed by atoms with van der Waals surface area (Å²) in [7, 11) is 0. The summed E-state index contributed by atoms with van der Waals surface area (Å²) in [5.74, 6) is 0.128. The van der Waals surface area contributed by atoms with Crippen molar-refractivity contribution in [3.8, 4) is 6.07 Å². The van der Waals surface area contributed by atoms with Crippen LogP contribution in [0, 0.1) is 17.2 Å². The van der Waals surface area contributed by atoms with E-state index in [1.807, 2.05) is 0 Å². The van der Waals surface area contributed by atoms with E-state index in [0.29, 0.717) is 31.5 Å². The fourth-order valence-corrected chi connectivity index (χ4v) is 2.17. The van der Waals surface area contributed by atoms with Crippen LogP contribution in [-0.2, 0) is 4.79 Å². The minimum absolute atomic E-state index is 0.0145. The largest absolute Gasteiger partial charge is 0.313 e. The number of rotatable bonds is 5. The maximum atomic E-state index is 13.1. The SMILES string of the molecule is C=C(C=CC(F)CC)N1CCCC(CC#N)CC1=O. The van der Waals surface area contributed by atoms with Crippen molar-refractivity contribution in [3.05, 3.63) is 24.4 Å². The Morgan fingerprint density at radius 1 is 1.74 bits per heavy atom. The zero-order valence-electron chi connectivity index (χ0n) is 11.4. The maximum absolute atomic E-state index is 13.1. The first-order chi connectivity index (χ1) is 9.08. The molecule has 0 aromatic heterocycles. The molecule has 0 N–H and O–H groups in total. The number of nitrogens with zero attached hydrogens (tertiary/aromatic N) is 2. The van der Waals surface area contributed by atoms with Gasteiger partial charge in [-0.3, -0.25) is 4.79 Å². The molecule has 3 nitrogen and oxygen atoms in total. The van der Waals surface area contributed by atoms with Crippen LogP contribution in [-0.4, -0.2) is 23.5 Å². The fraction of sp³-hybridized carbons (Fsp3) is 0.600. The molecule has 0 spiro atoms. The van der Waals surface area contributed by atoms with Gasteiger partial charge in [-0.25, -0.2) is 4.39 Å². The topological polar surface area (TPSA) is 44.1 Å². The van der Waals surface area contributed by atoms with Crippen LogP contribution in [0.5, 0.6) is 0 Å². The van der Waals surface area contributed by atoms with E-state index in [1.165, 1.54) is 6.08 Å². The van der Waals surface area contributed by atoms with Crippen LogP contribution in [0.1, 0.15) is 39.0 Å². The minimum Gasteiger partial charge on any atom is -0.313 e. The summed E-state index contributed by atoms with van der Waals surface area (Å²) < 4.78 is 13.1. The Balaban J connectivity index is 2.63. The Morgan fingerprint density at radius 3 is 3.11 bits per heavy atom. The lowest BCUT2D eigenvalue weighted by atomic mass is 9.98. The lowest BCUT2D eigenvalue weighted by Gasteiger charge is -2.21. The average Bonchev–Trinajstić information content (AvgIpc) is 2.57. The first-order valence-corrected chi connectivity index (χ1v) is 6.77. The molecule has 0 radical (unpaired) electrons. The number of carbonyl (C=O) groups is 1. The van der Waals surface area contributed by atoms with Crippen molar-refractivity contribution in [2.24, 2.45) is 5.92 Å². The van der Waals surface area contributed by atoms with E-state index in [0.717, 1.165) is 12.8 Å². The summed E-state index contributed by atoms with van der Waals surface area (Å²) in [5.41, 5.74) is 0.540. The summed E-state index contributed by atoms with van der Waals surface area (Å²) in [5, 5.41) is 8.70. The highest BCUT2D eigenvalue weighted by Crippen LogP contribution is 2.23. The summed E-state index contributed by atoms with van der Waals surface area (Å²) in [6, 6.07) is 2.12. The standard InChI is InChI=1S/C15H21FN2O/c1-3-14(16)7-6-12(2)18-10-4-5-13(8-9-17)11-15(18)19/h6-7,13-14H,2-5,8,10-11H2,1H3. The van der Waals surface area contributed by atoms with Gasteiger partial charge in [-0.15, -0.1) is 0 Å². The number of likely N-dealkylation sites (tertiary alicyclic amines) is 1. The Labute approximate surface area is 114 Å². The second-order valence-electron chi connectivity index (χ2n) is 4.89. The van der Waals surface area contributed by atoms with Crippen molar-refractivity contribution in [1.82, 2.24) is 4.90 Å². The van der Waals surface area contributed by atoms with Crippen molar-refractivity contribution >= 4 is 5.91 Å². The number of allylic oxidation sites excluding steroid dienone is 2. The molecule has 1 rings (SSSR count). The molecule has 4 heteroatoms. The highest BCUT2D eigenvalue weighted by atomic mass is 19.1. The van der Waals surface area contributed by atoms with E-state index >= 15 is 0 Å². The molecule has 1 saturated heterocycles. The van der Waals surface area contributed by atoms with Crippen LogP contribution in [0.4, 0.5) is 4.39 Å². The van der Waals surface area contributed by atoms with Crippen molar-refractivity contribution in [3.63, 3.8) is 0 Å². The van der Waals surface area contributed by atoms with Gasteiger partial charge >= 0.3 is 0 Å². The van der Waals surface area contributed by atoms with E-state index < -0.39 is 6.17 Å². The van der Waals surface area contributed by atoms with Gasteiger partial charge in [0.05, 0.1) is 6.07 Å². The van der Waals surface area contributed by atoms with Crippen molar-refractivity contribution in [2.75, 3.05) is 6.54 Å². The third-order valence-electron chi connectivity index (χ3n) is 3.37. The second-order valence-corrected chi connectivity index (χ2v) is 4.89. The normalized spacial score (nSPS) is 22.1. The van der Waals surface area contributed by atoms with Gasteiger partial charge in [-0.05, 0) is 37.3 Å². The number of hydrogen-bond donors (Lipinski definition) is 0. The molecule has 0 saturated carbocycles. The van der Waals surface area contributed by atoms with Crippen LogP contribution < -0.4 is 0 Å². The minimum atomic E-state index is -0.995. The number of halogens is 1. The first kappa shape index (κ1) is 15.4. The third-order valence-corrected chi connectivity index (χ3v) is 3.37. The van der Waals surface area contributed by atoms with E-state index in [1.54, 1.807) is 17.9 Å². The van der Waals surface area contributed by atoms with E-state index in [2.05, 4.69) is 12.6 Å². The van der Waals surface area contributed by atoms with E-state index in [9.17, 15) is 9.18 Å². The van der Waals surface area contributed by atoms with E-state index in [4.69, 9.17) is 5.26 Å². The molecule has 19 heavy (non-hydrogen) atoms. The number of hydrogen-bond acceptors (Lipinski definition) is 2. The molecule has 0 aromatic rings. The average molecular weight is 264 g/mol. The van der Waals surface area contributed by atoms with Crippen LogP contribution in [0.3, 0.4) is 0 Å². The predicted molar refractivity (Wildman–Crippen MR) is 72.8 cm³/mol. The molecular weight excluding hydrogens is 243 g/mol. The van der Waals surface area contributed by atoms with Gasteiger partial charge < -0.3 is 4.90 Å². The zero-order chi connectivity index (χ0) is 14.3. The number of alkyl halides is 1. The number of carbonyl (C=O) groups excluding carboxylic acids is 1. The molecule has 0 aromatic carbocycles.